The summed E-state index contributed by atoms with van der Waals surface area (Å²) in [5.74, 6) is -1.63. The number of halogens is 2. The van der Waals surface area contributed by atoms with E-state index in [1.54, 1.807) is 0 Å². The zero-order chi connectivity index (χ0) is 17.7. The summed E-state index contributed by atoms with van der Waals surface area (Å²) in [5.41, 5.74) is 0.898. The molecule has 0 spiro atoms. The molecule has 1 unspecified atom stereocenters. The van der Waals surface area contributed by atoms with Gasteiger partial charge >= 0.3 is 5.97 Å². The highest BCUT2D eigenvalue weighted by atomic mass is 79.9. The lowest BCUT2D eigenvalue weighted by Crippen LogP contribution is -2.28. The number of rotatable bonds is 8. The summed E-state index contributed by atoms with van der Waals surface area (Å²) in [7, 11) is 0. The number of carbonyl (C=O) groups is 1. The van der Waals surface area contributed by atoms with Crippen molar-refractivity contribution in [2.45, 2.75) is 38.9 Å². The molecule has 0 saturated heterocycles. The van der Waals surface area contributed by atoms with Crippen LogP contribution >= 0.6 is 15.9 Å². The van der Waals surface area contributed by atoms with Crippen LogP contribution < -0.4 is 4.74 Å². The number of hydrogen-bond donors (Lipinski definition) is 1. The quantitative estimate of drug-likeness (QED) is 0.673. The summed E-state index contributed by atoms with van der Waals surface area (Å²) in [4.78, 5) is 16.1. The molecule has 1 aliphatic heterocycles. The van der Waals surface area contributed by atoms with Crippen molar-refractivity contribution in [1.29, 1.82) is 0 Å². The Morgan fingerprint density at radius 2 is 2.33 bits per heavy atom. The third-order valence-corrected chi connectivity index (χ3v) is 4.07. The van der Waals surface area contributed by atoms with E-state index in [-0.39, 0.29) is 16.8 Å². The SMILES string of the molecule is CCCCOC1CON=C1c1cc(Br)c(F)cc1O[C@@H](C)C(=O)O. The number of ether oxygens (including phenoxy) is 2. The van der Waals surface area contributed by atoms with Gasteiger partial charge in [0.15, 0.2) is 6.10 Å². The van der Waals surface area contributed by atoms with E-state index in [4.69, 9.17) is 19.4 Å². The lowest BCUT2D eigenvalue weighted by molar-refractivity contribution is -0.144. The van der Waals surface area contributed by atoms with Crippen molar-refractivity contribution in [3.63, 3.8) is 0 Å². The number of carboxylic acid groups (broad SMARTS) is 1. The van der Waals surface area contributed by atoms with Crippen molar-refractivity contribution < 1.29 is 28.6 Å². The first kappa shape index (κ1) is 18.7. The molecule has 2 rings (SSSR count). The molecule has 0 saturated carbocycles. The van der Waals surface area contributed by atoms with Gasteiger partial charge in [-0.1, -0.05) is 18.5 Å². The molecule has 1 N–H and O–H groups in total. The molecule has 1 heterocycles. The van der Waals surface area contributed by atoms with Gasteiger partial charge in [0.2, 0.25) is 0 Å². The second kappa shape index (κ2) is 8.43. The summed E-state index contributed by atoms with van der Waals surface area (Å²) in [6.07, 6.45) is 0.353. The highest BCUT2D eigenvalue weighted by Gasteiger charge is 2.30. The van der Waals surface area contributed by atoms with Crippen LogP contribution in [0.15, 0.2) is 21.8 Å². The molecule has 6 nitrogen and oxygen atoms in total. The number of nitrogens with zero attached hydrogens (tertiary/aromatic N) is 1. The van der Waals surface area contributed by atoms with Crippen LogP contribution in [0, 0.1) is 5.82 Å². The number of oxime groups is 1. The van der Waals surface area contributed by atoms with Crippen molar-refractivity contribution in [2.24, 2.45) is 5.16 Å². The van der Waals surface area contributed by atoms with Crippen LogP contribution in [0.5, 0.6) is 5.75 Å². The lowest BCUT2D eigenvalue weighted by atomic mass is 10.0. The third kappa shape index (κ3) is 4.45. The van der Waals surface area contributed by atoms with E-state index in [9.17, 15) is 9.18 Å². The molecule has 0 radical (unpaired) electrons. The van der Waals surface area contributed by atoms with E-state index in [0.717, 1.165) is 18.9 Å². The van der Waals surface area contributed by atoms with E-state index in [0.29, 0.717) is 17.9 Å². The maximum atomic E-state index is 13.9. The molecule has 0 fully saturated rings. The normalized spacial score (nSPS) is 18.0. The van der Waals surface area contributed by atoms with Gasteiger partial charge in [-0.15, -0.1) is 0 Å². The molecule has 0 aliphatic carbocycles. The first-order valence-corrected chi connectivity index (χ1v) is 8.43. The van der Waals surface area contributed by atoms with Crippen LogP contribution in [0.25, 0.3) is 0 Å². The Morgan fingerprint density at radius 1 is 1.58 bits per heavy atom. The minimum absolute atomic E-state index is 0.0824. The Bertz CT molecular complexity index is 637. The Labute approximate surface area is 147 Å². The van der Waals surface area contributed by atoms with Crippen LogP contribution in [0.2, 0.25) is 0 Å². The summed E-state index contributed by atoms with van der Waals surface area (Å²) >= 11 is 3.12. The van der Waals surface area contributed by atoms with Gasteiger partial charge in [0.1, 0.15) is 30.0 Å². The standard InChI is InChI=1S/C16H19BrFNO5/c1-3-4-5-22-14-8-23-19-15(14)10-6-11(17)12(18)7-13(10)24-9(2)16(20)21/h6-7,9,14H,3-5,8H2,1-2H3,(H,20,21)/t9-,14?/m0/s1. The van der Waals surface area contributed by atoms with Gasteiger partial charge in [0.25, 0.3) is 0 Å². The van der Waals surface area contributed by atoms with E-state index in [1.165, 1.54) is 13.0 Å². The predicted molar refractivity (Wildman–Crippen MR) is 89.0 cm³/mol. The Hall–Kier alpha value is -1.67. The van der Waals surface area contributed by atoms with Gasteiger partial charge < -0.3 is 19.4 Å². The van der Waals surface area contributed by atoms with E-state index < -0.39 is 24.0 Å². The van der Waals surface area contributed by atoms with Crippen molar-refractivity contribution in [2.75, 3.05) is 13.2 Å². The van der Waals surface area contributed by atoms with E-state index >= 15 is 0 Å². The van der Waals surface area contributed by atoms with Crippen molar-refractivity contribution >= 4 is 27.6 Å². The molecular formula is C16H19BrFNO5. The monoisotopic (exact) mass is 403 g/mol. The van der Waals surface area contributed by atoms with E-state index in [2.05, 4.69) is 28.0 Å². The molecule has 1 aliphatic rings. The van der Waals surface area contributed by atoms with Crippen LogP contribution in [0.4, 0.5) is 4.39 Å². The fraction of sp³-hybridized carbons (Fsp3) is 0.500. The van der Waals surface area contributed by atoms with Gasteiger partial charge in [-0.3, -0.25) is 0 Å². The highest BCUT2D eigenvalue weighted by Crippen LogP contribution is 2.30. The molecule has 24 heavy (non-hydrogen) atoms. The van der Waals surface area contributed by atoms with E-state index in [1.807, 2.05) is 0 Å². The summed E-state index contributed by atoms with van der Waals surface area (Å²) in [5, 5.41) is 13.0. The minimum atomic E-state index is -1.15. The molecule has 0 bridgehead atoms. The molecule has 1 aromatic rings. The molecular weight excluding hydrogens is 385 g/mol. The summed E-state index contributed by atoms with van der Waals surface area (Å²) in [6.45, 7) is 4.23. The van der Waals surface area contributed by atoms with Crippen LogP contribution in [-0.4, -0.2) is 42.2 Å². The fourth-order valence-electron chi connectivity index (χ4n) is 2.10. The molecule has 1 aromatic carbocycles. The fourth-order valence-corrected chi connectivity index (χ4v) is 2.44. The third-order valence-electron chi connectivity index (χ3n) is 3.46. The number of aliphatic carboxylic acids is 1. The van der Waals surface area contributed by atoms with Gasteiger partial charge in [-0.25, -0.2) is 9.18 Å². The van der Waals surface area contributed by atoms with Crippen molar-refractivity contribution in [3.8, 4) is 5.75 Å². The van der Waals surface area contributed by atoms with Crippen molar-refractivity contribution in [3.05, 3.63) is 28.0 Å². The maximum absolute atomic E-state index is 13.9. The predicted octanol–water partition coefficient (Wildman–Crippen LogP) is 3.36. The lowest BCUT2D eigenvalue weighted by Gasteiger charge is -2.17. The second-order valence-electron chi connectivity index (χ2n) is 5.35. The zero-order valence-electron chi connectivity index (χ0n) is 13.4. The zero-order valence-corrected chi connectivity index (χ0v) is 15.0. The number of unbranched alkanes of at least 4 members (excludes halogenated alkanes) is 1. The Balaban J connectivity index is 2.30. The molecule has 132 valence electrons. The smallest absolute Gasteiger partial charge is 0.344 e. The topological polar surface area (TPSA) is 77.3 Å². The molecule has 0 amide bonds. The molecule has 8 heteroatoms. The maximum Gasteiger partial charge on any atom is 0.344 e. The van der Waals surface area contributed by atoms with Crippen LogP contribution in [-0.2, 0) is 14.4 Å². The Kier molecular flexibility index (Phi) is 6.56. The van der Waals surface area contributed by atoms with Gasteiger partial charge in [-0.2, -0.15) is 0 Å². The number of hydrogen-bond acceptors (Lipinski definition) is 5. The summed E-state index contributed by atoms with van der Waals surface area (Å²) < 4.78 is 25.2. The highest BCUT2D eigenvalue weighted by molar-refractivity contribution is 9.10. The number of carboxylic acids is 1. The molecule has 0 aromatic heterocycles. The Morgan fingerprint density at radius 3 is 3.00 bits per heavy atom. The number of benzene rings is 1. The van der Waals surface area contributed by atoms with Gasteiger partial charge in [-0.05, 0) is 35.3 Å². The average molecular weight is 404 g/mol. The summed E-state index contributed by atoms with van der Waals surface area (Å²) in [6, 6.07) is 2.62. The van der Waals surface area contributed by atoms with Crippen molar-refractivity contribution in [1.82, 2.24) is 0 Å². The van der Waals surface area contributed by atoms with Gasteiger partial charge in [0.05, 0.1) is 4.47 Å². The largest absolute Gasteiger partial charge is 0.479 e. The average Bonchev–Trinajstić information content (AvgIpc) is 2.99. The molecule has 2 atom stereocenters. The minimum Gasteiger partial charge on any atom is -0.479 e. The second-order valence-corrected chi connectivity index (χ2v) is 6.20. The van der Waals surface area contributed by atoms with Crippen LogP contribution in [0.1, 0.15) is 32.3 Å². The first-order valence-electron chi connectivity index (χ1n) is 7.64. The van der Waals surface area contributed by atoms with Gasteiger partial charge in [0, 0.05) is 18.2 Å². The van der Waals surface area contributed by atoms with Crippen LogP contribution in [0.3, 0.4) is 0 Å². The first-order chi connectivity index (χ1) is 11.4.